The van der Waals surface area contributed by atoms with Crippen LogP contribution in [0.15, 0.2) is 54.3 Å². The average Bonchev–Trinajstić information content (AvgIpc) is 3.17. The summed E-state index contributed by atoms with van der Waals surface area (Å²) in [6.07, 6.45) is -6.43. The van der Waals surface area contributed by atoms with E-state index in [1.807, 2.05) is 0 Å². The van der Waals surface area contributed by atoms with Crippen molar-refractivity contribution < 1.29 is 59.2 Å². The van der Waals surface area contributed by atoms with Crippen molar-refractivity contribution in [1.82, 2.24) is 0 Å². The second kappa shape index (κ2) is 11.0. The Hall–Kier alpha value is -3.26. The molecule has 12 heteroatoms. The van der Waals surface area contributed by atoms with E-state index in [0.717, 1.165) is 12.3 Å². The van der Waals surface area contributed by atoms with Gasteiger partial charge in [0.05, 0.1) is 23.9 Å². The highest BCUT2D eigenvalue weighted by molar-refractivity contribution is 5.87. The first-order valence-electron chi connectivity index (χ1n) is 11.5. The third-order valence-corrected chi connectivity index (χ3v) is 6.67. The number of fused-ring (bicyclic) bond motifs is 1. The predicted molar refractivity (Wildman–Crippen MR) is 123 cm³/mol. The normalized spacial score (nSPS) is 35.5. The zero-order valence-electron chi connectivity index (χ0n) is 19.5. The molecule has 200 valence electrons. The highest BCUT2D eigenvalue weighted by atomic mass is 16.8. The molecule has 1 aromatic rings. The van der Waals surface area contributed by atoms with Crippen molar-refractivity contribution in [2.24, 2.45) is 11.8 Å². The minimum absolute atomic E-state index is 0.0618. The zero-order valence-corrected chi connectivity index (χ0v) is 19.5. The molecule has 0 spiro atoms. The van der Waals surface area contributed by atoms with Gasteiger partial charge in [-0.25, -0.2) is 9.59 Å². The smallest absolute Gasteiger partial charge is 0.334 e. The highest BCUT2D eigenvalue weighted by Gasteiger charge is 2.52. The van der Waals surface area contributed by atoms with E-state index in [4.69, 9.17) is 18.9 Å². The Morgan fingerprint density at radius 1 is 1.05 bits per heavy atom. The lowest BCUT2D eigenvalue weighted by Gasteiger charge is -2.42. The summed E-state index contributed by atoms with van der Waals surface area (Å²) in [4.78, 5) is 23.7. The van der Waals surface area contributed by atoms with Gasteiger partial charge in [0.2, 0.25) is 6.29 Å². The van der Waals surface area contributed by atoms with Gasteiger partial charge in [-0.05, 0) is 35.8 Å². The van der Waals surface area contributed by atoms with Crippen molar-refractivity contribution in [2.45, 2.75) is 49.5 Å². The quantitative estimate of drug-likeness (QED) is 0.156. The predicted octanol–water partition coefficient (Wildman–Crippen LogP) is -0.349. The summed E-state index contributed by atoms with van der Waals surface area (Å²) in [7, 11) is 0. The van der Waals surface area contributed by atoms with Gasteiger partial charge in [0, 0.05) is 12.0 Å². The van der Waals surface area contributed by atoms with Gasteiger partial charge < -0.3 is 49.6 Å². The fraction of sp³-hybridized carbons (Fsp3) is 0.440. The molecule has 9 atom stereocenters. The maximum Gasteiger partial charge on any atom is 0.334 e. The molecule has 0 bridgehead atoms. The fourth-order valence-electron chi connectivity index (χ4n) is 4.60. The number of carboxylic acid groups (broad SMARTS) is 1. The molecule has 1 aliphatic carbocycles. The van der Waals surface area contributed by atoms with Gasteiger partial charge in [-0.2, -0.15) is 0 Å². The zero-order chi connectivity index (χ0) is 26.9. The van der Waals surface area contributed by atoms with Crippen molar-refractivity contribution in [3.63, 3.8) is 0 Å². The summed E-state index contributed by atoms with van der Waals surface area (Å²) in [5.74, 6) is -3.35. The number of aliphatic carboxylic acids is 1. The SMILES string of the molecule is C=C1C(O)CC2C(C(=O)O)=COC(OC3OC(COC(=O)C=Cc4ccc(O)cc4)C(O)C(O)C3O)C12. The van der Waals surface area contributed by atoms with Gasteiger partial charge in [-0.15, -0.1) is 0 Å². The molecular formula is C25H28O12. The van der Waals surface area contributed by atoms with Gasteiger partial charge >= 0.3 is 11.9 Å². The molecule has 2 aliphatic heterocycles. The van der Waals surface area contributed by atoms with Crippen LogP contribution in [0, 0.1) is 11.8 Å². The van der Waals surface area contributed by atoms with Crippen LogP contribution in [0.3, 0.4) is 0 Å². The van der Waals surface area contributed by atoms with Gasteiger partial charge in [0.15, 0.2) is 6.29 Å². The standard InChI is InChI=1S/C25H28O12/c1-11-16(27)8-14-15(23(32)33)9-35-24(19(11)14)37-25-22(31)21(30)20(29)17(36-25)10-34-18(28)7-4-12-2-5-13(26)6-3-12/h2-7,9,14,16-17,19-22,24-27,29-31H,1,8,10H2,(H,32,33). The fourth-order valence-corrected chi connectivity index (χ4v) is 4.60. The number of carbonyl (C=O) groups excluding carboxylic acids is 1. The highest BCUT2D eigenvalue weighted by Crippen LogP contribution is 2.46. The Morgan fingerprint density at radius 3 is 2.43 bits per heavy atom. The molecule has 1 saturated carbocycles. The minimum Gasteiger partial charge on any atom is -0.508 e. The number of aliphatic hydroxyl groups is 4. The third kappa shape index (κ3) is 5.69. The summed E-state index contributed by atoms with van der Waals surface area (Å²) in [5.41, 5.74) is 0.854. The molecule has 12 nitrogen and oxygen atoms in total. The van der Waals surface area contributed by atoms with Crippen LogP contribution in [-0.4, -0.2) is 92.3 Å². The molecule has 6 N–H and O–H groups in total. The van der Waals surface area contributed by atoms with E-state index in [1.165, 1.54) is 18.2 Å². The van der Waals surface area contributed by atoms with Crippen molar-refractivity contribution in [3.05, 3.63) is 59.9 Å². The van der Waals surface area contributed by atoms with E-state index < -0.39 is 73.5 Å². The molecule has 9 unspecified atom stereocenters. The molecule has 0 amide bonds. The third-order valence-electron chi connectivity index (χ3n) is 6.67. The summed E-state index contributed by atoms with van der Waals surface area (Å²) < 4.78 is 21.8. The second-order valence-electron chi connectivity index (χ2n) is 9.05. The molecule has 4 rings (SSSR count). The van der Waals surface area contributed by atoms with Crippen LogP contribution in [0.25, 0.3) is 6.08 Å². The van der Waals surface area contributed by atoms with Gasteiger partial charge in [0.1, 0.15) is 36.8 Å². The monoisotopic (exact) mass is 520 g/mol. The van der Waals surface area contributed by atoms with E-state index in [0.29, 0.717) is 11.1 Å². The largest absolute Gasteiger partial charge is 0.508 e. The van der Waals surface area contributed by atoms with Gasteiger partial charge in [-0.3, -0.25) is 0 Å². The Morgan fingerprint density at radius 2 is 1.76 bits per heavy atom. The van der Waals surface area contributed by atoms with Crippen molar-refractivity contribution in [2.75, 3.05) is 6.61 Å². The maximum atomic E-state index is 12.1. The number of rotatable bonds is 7. The van der Waals surface area contributed by atoms with Crippen LogP contribution in [-0.2, 0) is 28.5 Å². The molecule has 0 radical (unpaired) electrons. The summed E-state index contributed by atoms with van der Waals surface area (Å²) in [5, 5.41) is 60.1. The first kappa shape index (κ1) is 26.8. The average molecular weight is 520 g/mol. The number of ether oxygens (including phenoxy) is 4. The number of phenols is 1. The summed E-state index contributed by atoms with van der Waals surface area (Å²) in [6.45, 7) is 3.32. The number of carbonyl (C=O) groups is 2. The lowest BCUT2D eigenvalue weighted by molar-refractivity contribution is -0.339. The van der Waals surface area contributed by atoms with Crippen molar-refractivity contribution >= 4 is 18.0 Å². The lowest BCUT2D eigenvalue weighted by Crippen LogP contribution is -2.60. The van der Waals surface area contributed by atoms with Crippen molar-refractivity contribution in [1.29, 1.82) is 0 Å². The number of benzene rings is 1. The van der Waals surface area contributed by atoms with Crippen LogP contribution >= 0.6 is 0 Å². The number of aliphatic hydroxyl groups excluding tert-OH is 4. The summed E-state index contributed by atoms with van der Waals surface area (Å²) >= 11 is 0. The van der Waals surface area contributed by atoms with Crippen LogP contribution in [0.4, 0.5) is 0 Å². The topological polar surface area (TPSA) is 192 Å². The maximum absolute atomic E-state index is 12.1. The molecule has 2 fully saturated rings. The van der Waals surface area contributed by atoms with Gasteiger partial charge in [-0.1, -0.05) is 18.7 Å². The molecule has 1 aromatic carbocycles. The Bertz CT molecular complexity index is 1080. The van der Waals surface area contributed by atoms with Crippen molar-refractivity contribution in [3.8, 4) is 5.75 Å². The van der Waals surface area contributed by atoms with Gasteiger partial charge in [0.25, 0.3) is 0 Å². The number of esters is 1. The Balaban J connectivity index is 1.40. The number of hydrogen-bond acceptors (Lipinski definition) is 11. The van der Waals surface area contributed by atoms with Crippen LogP contribution in [0.1, 0.15) is 12.0 Å². The van der Waals surface area contributed by atoms with E-state index >= 15 is 0 Å². The molecule has 1 saturated heterocycles. The molecular weight excluding hydrogens is 492 g/mol. The molecule has 0 aromatic heterocycles. The second-order valence-corrected chi connectivity index (χ2v) is 9.05. The van der Waals surface area contributed by atoms with Crippen LogP contribution in [0.2, 0.25) is 0 Å². The van der Waals surface area contributed by atoms with Crippen LogP contribution < -0.4 is 0 Å². The van der Waals surface area contributed by atoms with E-state index in [9.17, 15) is 40.2 Å². The van der Waals surface area contributed by atoms with E-state index in [-0.39, 0.29) is 17.7 Å². The number of hydrogen-bond donors (Lipinski definition) is 6. The first-order chi connectivity index (χ1) is 17.6. The van der Waals surface area contributed by atoms with E-state index in [1.54, 1.807) is 12.1 Å². The van der Waals surface area contributed by atoms with E-state index in [2.05, 4.69) is 6.58 Å². The number of carboxylic acids is 1. The Kier molecular flexibility index (Phi) is 7.97. The number of aromatic hydroxyl groups is 1. The molecule has 3 aliphatic rings. The Labute approximate surface area is 211 Å². The van der Waals surface area contributed by atoms with Crippen LogP contribution in [0.5, 0.6) is 5.75 Å². The minimum atomic E-state index is -1.73. The molecule has 2 heterocycles. The lowest BCUT2D eigenvalue weighted by atomic mass is 9.85. The molecule has 37 heavy (non-hydrogen) atoms. The first-order valence-corrected chi connectivity index (χ1v) is 11.5. The number of phenolic OH excluding ortho intramolecular Hbond substituents is 1. The summed E-state index contributed by atoms with van der Waals surface area (Å²) in [6, 6.07) is 6.05.